The Bertz CT molecular complexity index is 447. The average Bonchev–Trinajstić information content (AvgIpc) is 3.00. The van der Waals surface area contributed by atoms with Crippen LogP contribution in [0.1, 0.15) is 24.4 Å². The lowest BCUT2D eigenvalue weighted by molar-refractivity contribution is 0.0685. The molecule has 2 rings (SSSR count). The van der Waals surface area contributed by atoms with Gasteiger partial charge < -0.3 is 19.9 Å². The van der Waals surface area contributed by atoms with Gasteiger partial charge >= 0.3 is 0 Å². The lowest BCUT2D eigenvalue weighted by Crippen LogP contribution is -2.36. The summed E-state index contributed by atoms with van der Waals surface area (Å²) in [5.74, 6) is 1.65. The highest BCUT2D eigenvalue weighted by molar-refractivity contribution is 5.42. The highest BCUT2D eigenvalue weighted by atomic mass is 16.5. The van der Waals surface area contributed by atoms with Crippen LogP contribution in [0.3, 0.4) is 0 Å². The molecule has 1 aliphatic heterocycles. The van der Waals surface area contributed by atoms with Crippen LogP contribution in [-0.2, 0) is 4.74 Å². The molecule has 0 radical (unpaired) electrons. The predicted octanol–water partition coefficient (Wildman–Crippen LogP) is 1.81. The van der Waals surface area contributed by atoms with Gasteiger partial charge in [0.2, 0.25) is 0 Å². The Morgan fingerprint density at radius 2 is 2.19 bits per heavy atom. The maximum Gasteiger partial charge on any atom is 0.123 e. The summed E-state index contributed by atoms with van der Waals surface area (Å²) in [7, 11) is 5.43. The number of hydrogen-bond donors (Lipinski definition) is 1. The number of likely N-dealkylation sites (N-methyl/N-ethyl adjacent to an activating group) is 1. The normalized spacial score (nSPS) is 19.8. The van der Waals surface area contributed by atoms with E-state index in [1.807, 2.05) is 18.2 Å². The zero-order valence-corrected chi connectivity index (χ0v) is 13.2. The van der Waals surface area contributed by atoms with E-state index in [0.29, 0.717) is 12.6 Å². The molecular formula is C16H26N2O3. The smallest absolute Gasteiger partial charge is 0.123 e. The number of nitrogens with two attached hydrogens (primary N) is 1. The van der Waals surface area contributed by atoms with E-state index < -0.39 is 0 Å². The van der Waals surface area contributed by atoms with Crippen molar-refractivity contribution < 1.29 is 14.2 Å². The van der Waals surface area contributed by atoms with E-state index in [2.05, 4.69) is 11.9 Å². The molecule has 1 saturated heterocycles. The molecule has 0 bridgehead atoms. The summed E-state index contributed by atoms with van der Waals surface area (Å²) in [6.07, 6.45) is 2.58. The Morgan fingerprint density at radius 3 is 2.76 bits per heavy atom. The molecular weight excluding hydrogens is 268 g/mol. The molecule has 2 atom stereocenters. The minimum absolute atomic E-state index is 0.0826. The second-order valence-electron chi connectivity index (χ2n) is 5.43. The predicted molar refractivity (Wildman–Crippen MR) is 82.9 cm³/mol. The third-order valence-corrected chi connectivity index (χ3v) is 4.07. The van der Waals surface area contributed by atoms with Crippen molar-refractivity contribution in [3.05, 3.63) is 23.8 Å². The molecule has 1 fully saturated rings. The van der Waals surface area contributed by atoms with Crippen molar-refractivity contribution in [1.29, 1.82) is 0 Å². The maximum absolute atomic E-state index is 6.02. The SMILES string of the molecule is COc1ccc(OC)c(C(CN)N(C)CC2CCCO2)c1. The number of hydrogen-bond acceptors (Lipinski definition) is 5. The first-order valence-corrected chi connectivity index (χ1v) is 7.43. The van der Waals surface area contributed by atoms with Crippen molar-refractivity contribution >= 4 is 0 Å². The third kappa shape index (κ3) is 3.87. The lowest BCUT2D eigenvalue weighted by atomic mass is 10.0. The summed E-state index contributed by atoms with van der Waals surface area (Å²) in [4.78, 5) is 2.24. The van der Waals surface area contributed by atoms with Gasteiger partial charge in [0.15, 0.2) is 0 Å². The van der Waals surface area contributed by atoms with E-state index in [1.165, 1.54) is 0 Å². The fourth-order valence-electron chi connectivity index (χ4n) is 2.88. The van der Waals surface area contributed by atoms with Crippen molar-refractivity contribution in [3.63, 3.8) is 0 Å². The minimum atomic E-state index is 0.0826. The third-order valence-electron chi connectivity index (χ3n) is 4.07. The van der Waals surface area contributed by atoms with Gasteiger partial charge in [-0.3, -0.25) is 4.90 Å². The van der Waals surface area contributed by atoms with Gasteiger partial charge in [0.05, 0.1) is 26.4 Å². The van der Waals surface area contributed by atoms with E-state index >= 15 is 0 Å². The van der Waals surface area contributed by atoms with E-state index in [9.17, 15) is 0 Å². The lowest BCUT2D eigenvalue weighted by Gasteiger charge is -2.30. The topological polar surface area (TPSA) is 57.0 Å². The molecule has 0 saturated carbocycles. The van der Waals surface area contributed by atoms with Crippen LogP contribution in [0.5, 0.6) is 11.5 Å². The fourth-order valence-corrected chi connectivity index (χ4v) is 2.88. The van der Waals surface area contributed by atoms with Crippen LogP contribution in [-0.4, -0.2) is 52.0 Å². The second-order valence-corrected chi connectivity index (χ2v) is 5.43. The summed E-state index contributed by atoms with van der Waals surface area (Å²) in [5.41, 5.74) is 7.07. The Hall–Kier alpha value is -1.30. The van der Waals surface area contributed by atoms with Gasteiger partial charge in [-0.1, -0.05) is 0 Å². The highest BCUT2D eigenvalue weighted by Crippen LogP contribution is 2.32. The van der Waals surface area contributed by atoms with Crippen LogP contribution in [0, 0.1) is 0 Å². The van der Waals surface area contributed by atoms with E-state index in [-0.39, 0.29) is 6.04 Å². The molecule has 1 aromatic carbocycles. The van der Waals surface area contributed by atoms with E-state index in [1.54, 1.807) is 14.2 Å². The summed E-state index contributed by atoms with van der Waals surface area (Å²) in [6, 6.07) is 5.91. The first-order chi connectivity index (χ1) is 10.2. The van der Waals surface area contributed by atoms with E-state index in [0.717, 1.165) is 43.1 Å². The van der Waals surface area contributed by atoms with Crippen molar-refractivity contribution in [2.75, 3.05) is 41.0 Å². The highest BCUT2D eigenvalue weighted by Gasteiger charge is 2.24. The van der Waals surface area contributed by atoms with Gasteiger partial charge in [-0.15, -0.1) is 0 Å². The zero-order valence-electron chi connectivity index (χ0n) is 13.2. The van der Waals surface area contributed by atoms with Crippen LogP contribution in [0.4, 0.5) is 0 Å². The molecule has 5 heteroatoms. The molecule has 118 valence electrons. The van der Waals surface area contributed by atoms with Gasteiger partial charge in [-0.25, -0.2) is 0 Å². The monoisotopic (exact) mass is 294 g/mol. The summed E-state index contributed by atoms with van der Waals surface area (Å²) >= 11 is 0. The van der Waals surface area contributed by atoms with Gasteiger partial charge in [0.1, 0.15) is 11.5 Å². The average molecular weight is 294 g/mol. The standard InChI is InChI=1S/C16H26N2O3/c1-18(11-13-5-4-8-21-13)15(10-17)14-9-12(19-2)6-7-16(14)20-3/h6-7,9,13,15H,4-5,8,10-11,17H2,1-3H3. The summed E-state index contributed by atoms with van der Waals surface area (Å²) in [5, 5.41) is 0. The minimum Gasteiger partial charge on any atom is -0.497 e. The van der Waals surface area contributed by atoms with Crippen LogP contribution >= 0.6 is 0 Å². The first kappa shape index (κ1) is 16.1. The fraction of sp³-hybridized carbons (Fsp3) is 0.625. The van der Waals surface area contributed by atoms with Gasteiger partial charge in [0, 0.05) is 25.3 Å². The quantitative estimate of drug-likeness (QED) is 0.831. The van der Waals surface area contributed by atoms with Crippen molar-refractivity contribution in [2.24, 2.45) is 5.73 Å². The number of ether oxygens (including phenoxy) is 3. The van der Waals surface area contributed by atoms with Crippen molar-refractivity contribution in [1.82, 2.24) is 4.90 Å². The molecule has 21 heavy (non-hydrogen) atoms. The Balaban J connectivity index is 2.18. The van der Waals surface area contributed by atoms with Crippen LogP contribution in [0.2, 0.25) is 0 Å². The first-order valence-electron chi connectivity index (χ1n) is 7.43. The van der Waals surface area contributed by atoms with Gasteiger partial charge in [0.25, 0.3) is 0 Å². The van der Waals surface area contributed by atoms with Gasteiger partial charge in [-0.2, -0.15) is 0 Å². The number of rotatable bonds is 7. The second kappa shape index (κ2) is 7.64. The van der Waals surface area contributed by atoms with E-state index in [4.69, 9.17) is 19.9 Å². The summed E-state index contributed by atoms with van der Waals surface area (Å²) < 4.78 is 16.5. The van der Waals surface area contributed by atoms with Crippen LogP contribution in [0.25, 0.3) is 0 Å². The number of methoxy groups -OCH3 is 2. The molecule has 2 N–H and O–H groups in total. The van der Waals surface area contributed by atoms with Crippen molar-refractivity contribution in [3.8, 4) is 11.5 Å². The zero-order chi connectivity index (χ0) is 15.2. The molecule has 1 aromatic rings. The van der Waals surface area contributed by atoms with Crippen molar-refractivity contribution in [2.45, 2.75) is 25.0 Å². The Kier molecular flexibility index (Phi) is 5.85. The molecule has 5 nitrogen and oxygen atoms in total. The summed E-state index contributed by atoms with van der Waals surface area (Å²) in [6.45, 7) is 2.27. The van der Waals surface area contributed by atoms with Gasteiger partial charge in [-0.05, 0) is 38.1 Å². The maximum atomic E-state index is 6.02. The molecule has 0 aromatic heterocycles. The number of benzene rings is 1. The van der Waals surface area contributed by atoms with Crippen LogP contribution < -0.4 is 15.2 Å². The molecule has 1 aliphatic rings. The molecule has 0 amide bonds. The largest absolute Gasteiger partial charge is 0.497 e. The van der Waals surface area contributed by atoms with Crippen LogP contribution in [0.15, 0.2) is 18.2 Å². The molecule has 0 aliphatic carbocycles. The molecule has 1 heterocycles. The molecule has 2 unspecified atom stereocenters. The Labute approximate surface area is 127 Å². The molecule has 0 spiro atoms. The Morgan fingerprint density at radius 1 is 1.38 bits per heavy atom. The number of nitrogens with zero attached hydrogens (tertiary/aromatic N) is 1.